The molecule has 2 fully saturated rings. The van der Waals surface area contributed by atoms with E-state index in [4.69, 9.17) is 9.73 Å². The molecule has 0 unspecified atom stereocenters. The number of halogens is 1. The minimum atomic E-state index is -0.517. The third-order valence-electron chi connectivity index (χ3n) is 5.09. The minimum absolute atomic E-state index is 0.108. The van der Waals surface area contributed by atoms with Crippen LogP contribution in [0.5, 0.6) is 0 Å². The number of hydrogen-bond donors (Lipinski definition) is 0. The molecule has 0 aromatic heterocycles. The predicted molar refractivity (Wildman–Crippen MR) is 106 cm³/mol. The molecule has 0 radical (unpaired) electrons. The van der Waals surface area contributed by atoms with E-state index >= 15 is 0 Å². The first-order valence-electron chi connectivity index (χ1n) is 9.33. The first kappa shape index (κ1) is 18.5. The van der Waals surface area contributed by atoms with Crippen molar-refractivity contribution in [1.29, 1.82) is 0 Å². The molecule has 1 aliphatic carbocycles. The van der Waals surface area contributed by atoms with E-state index in [0.717, 1.165) is 28.7 Å². The number of carbonyl (C=O) groups excluding carboxylic acids is 2. The second kappa shape index (κ2) is 6.33. The molecule has 144 valence electrons. The van der Waals surface area contributed by atoms with Gasteiger partial charge in [-0.1, -0.05) is 28.1 Å². The Kier molecular flexibility index (Phi) is 4.33. The summed E-state index contributed by atoms with van der Waals surface area (Å²) in [5.74, 6) is 1.12. The average molecular weight is 434 g/mol. The van der Waals surface area contributed by atoms with E-state index in [2.05, 4.69) is 15.9 Å². The van der Waals surface area contributed by atoms with Crippen molar-refractivity contribution in [3.63, 3.8) is 0 Å². The van der Waals surface area contributed by atoms with Gasteiger partial charge < -0.3 is 9.64 Å². The zero-order valence-corrected chi connectivity index (χ0v) is 17.5. The van der Waals surface area contributed by atoms with Crippen LogP contribution in [0, 0.1) is 5.92 Å². The molecule has 4 rings (SSSR count). The molecule has 1 aromatic carbocycles. The van der Waals surface area contributed by atoms with Gasteiger partial charge in [0, 0.05) is 35.6 Å². The van der Waals surface area contributed by atoms with Crippen LogP contribution in [-0.2, 0) is 9.53 Å². The fourth-order valence-corrected chi connectivity index (χ4v) is 3.77. The molecule has 3 aliphatic rings. The highest BCUT2D eigenvalue weighted by Gasteiger charge is 2.57. The lowest BCUT2D eigenvalue weighted by Gasteiger charge is -2.41. The maximum Gasteiger partial charge on any atom is 0.410 e. The number of benzene rings is 1. The van der Waals surface area contributed by atoms with Gasteiger partial charge >= 0.3 is 6.09 Å². The maximum absolute atomic E-state index is 12.9. The summed E-state index contributed by atoms with van der Waals surface area (Å²) in [5, 5.41) is 0. The molecular weight excluding hydrogens is 410 g/mol. The summed E-state index contributed by atoms with van der Waals surface area (Å²) in [5.41, 5.74) is -0.0530. The van der Waals surface area contributed by atoms with Crippen LogP contribution >= 0.6 is 15.9 Å². The number of hydrogen-bond acceptors (Lipinski definition) is 4. The molecule has 0 bridgehead atoms. The number of amidine groups is 1. The highest BCUT2D eigenvalue weighted by molar-refractivity contribution is 9.10. The third kappa shape index (κ3) is 3.61. The second-order valence-corrected chi connectivity index (χ2v) is 9.56. The van der Waals surface area contributed by atoms with Gasteiger partial charge in [-0.05, 0) is 45.7 Å². The van der Waals surface area contributed by atoms with Gasteiger partial charge in [0.05, 0.1) is 0 Å². The molecule has 2 aliphatic heterocycles. The molecule has 1 aromatic rings. The van der Waals surface area contributed by atoms with E-state index in [1.807, 2.05) is 49.9 Å². The molecule has 2 amide bonds. The van der Waals surface area contributed by atoms with Gasteiger partial charge in [-0.2, -0.15) is 0 Å². The minimum Gasteiger partial charge on any atom is -0.444 e. The lowest BCUT2D eigenvalue weighted by molar-refractivity contribution is -0.129. The molecule has 1 spiro atoms. The van der Waals surface area contributed by atoms with E-state index in [1.54, 1.807) is 4.90 Å². The molecular formula is C20H24BrN3O3. The van der Waals surface area contributed by atoms with Crippen LogP contribution in [-0.4, -0.2) is 58.4 Å². The van der Waals surface area contributed by atoms with Crippen molar-refractivity contribution in [2.24, 2.45) is 10.9 Å². The number of carbonyl (C=O) groups is 2. The van der Waals surface area contributed by atoms with Gasteiger partial charge in [-0.25, -0.2) is 4.79 Å². The van der Waals surface area contributed by atoms with Gasteiger partial charge in [0.15, 0.2) is 0 Å². The Labute approximate surface area is 167 Å². The Morgan fingerprint density at radius 2 is 1.89 bits per heavy atom. The van der Waals surface area contributed by atoms with Crippen molar-refractivity contribution in [2.75, 3.05) is 19.6 Å². The van der Waals surface area contributed by atoms with E-state index in [0.29, 0.717) is 19.6 Å². The molecule has 1 saturated heterocycles. The Hall–Kier alpha value is -1.89. The molecule has 2 heterocycles. The average Bonchev–Trinajstić information content (AvgIpc) is 3.26. The van der Waals surface area contributed by atoms with Crippen LogP contribution in [0.2, 0.25) is 0 Å². The standard InChI is InChI=1S/C20H24BrN3O3/c1-19(2,3)27-18(26)23-10-13(11-23)12-24-16(14-4-6-15(21)7-5-14)22-20(8-9-20)17(24)25/h4-7,13H,8-12H2,1-3H3. The van der Waals surface area contributed by atoms with Crippen LogP contribution in [0.4, 0.5) is 4.79 Å². The monoisotopic (exact) mass is 433 g/mol. The molecule has 1 saturated carbocycles. The van der Waals surface area contributed by atoms with Crippen molar-refractivity contribution in [3.8, 4) is 0 Å². The van der Waals surface area contributed by atoms with Crippen molar-refractivity contribution >= 4 is 33.8 Å². The number of nitrogens with zero attached hydrogens (tertiary/aromatic N) is 3. The first-order chi connectivity index (χ1) is 12.7. The van der Waals surface area contributed by atoms with Crippen molar-refractivity contribution in [1.82, 2.24) is 9.80 Å². The normalized spacial score (nSPS) is 21.3. The van der Waals surface area contributed by atoms with Gasteiger partial charge in [-0.15, -0.1) is 0 Å². The number of rotatable bonds is 3. The summed E-state index contributed by atoms with van der Waals surface area (Å²) < 4.78 is 6.40. The molecule has 0 atom stereocenters. The van der Waals surface area contributed by atoms with E-state index in [9.17, 15) is 9.59 Å². The fraction of sp³-hybridized carbons (Fsp3) is 0.550. The lowest BCUT2D eigenvalue weighted by Crippen LogP contribution is -2.56. The largest absolute Gasteiger partial charge is 0.444 e. The van der Waals surface area contributed by atoms with E-state index in [-0.39, 0.29) is 17.9 Å². The highest BCUT2D eigenvalue weighted by atomic mass is 79.9. The number of aliphatic imine (C=N–C) groups is 1. The Bertz CT molecular complexity index is 803. The number of ether oxygens (including phenoxy) is 1. The summed E-state index contributed by atoms with van der Waals surface area (Å²) in [6, 6.07) is 7.90. The van der Waals surface area contributed by atoms with Crippen molar-refractivity contribution in [3.05, 3.63) is 34.3 Å². The summed E-state index contributed by atoms with van der Waals surface area (Å²) in [6.07, 6.45) is 1.38. The van der Waals surface area contributed by atoms with E-state index < -0.39 is 11.1 Å². The Morgan fingerprint density at radius 3 is 2.44 bits per heavy atom. The van der Waals surface area contributed by atoms with Crippen LogP contribution in [0.25, 0.3) is 0 Å². The quantitative estimate of drug-likeness (QED) is 0.733. The van der Waals surface area contributed by atoms with Crippen LogP contribution < -0.4 is 0 Å². The van der Waals surface area contributed by atoms with Crippen LogP contribution in [0.1, 0.15) is 39.2 Å². The summed E-state index contributed by atoms with van der Waals surface area (Å²) in [6.45, 7) is 7.40. The molecule has 6 nitrogen and oxygen atoms in total. The second-order valence-electron chi connectivity index (χ2n) is 8.64. The SMILES string of the molecule is CC(C)(C)OC(=O)N1CC(CN2C(=O)C3(CC3)N=C2c2ccc(Br)cc2)C1. The molecule has 0 N–H and O–H groups in total. The highest BCUT2D eigenvalue weighted by Crippen LogP contribution is 2.46. The molecule has 7 heteroatoms. The van der Waals surface area contributed by atoms with E-state index in [1.165, 1.54) is 0 Å². The summed E-state index contributed by atoms with van der Waals surface area (Å²) in [7, 11) is 0. The van der Waals surface area contributed by atoms with Gasteiger partial charge in [0.2, 0.25) is 0 Å². The Morgan fingerprint density at radius 1 is 1.26 bits per heavy atom. The fourth-order valence-electron chi connectivity index (χ4n) is 3.51. The molecule has 27 heavy (non-hydrogen) atoms. The van der Waals surface area contributed by atoms with Crippen LogP contribution in [0.3, 0.4) is 0 Å². The predicted octanol–water partition coefficient (Wildman–Crippen LogP) is 3.44. The third-order valence-corrected chi connectivity index (χ3v) is 5.62. The van der Waals surface area contributed by atoms with Crippen molar-refractivity contribution < 1.29 is 14.3 Å². The van der Waals surface area contributed by atoms with Gasteiger partial charge in [0.25, 0.3) is 5.91 Å². The smallest absolute Gasteiger partial charge is 0.410 e. The lowest BCUT2D eigenvalue weighted by atomic mass is 9.99. The number of amides is 2. The van der Waals surface area contributed by atoms with Crippen LogP contribution in [0.15, 0.2) is 33.7 Å². The maximum atomic E-state index is 12.9. The zero-order valence-electron chi connectivity index (χ0n) is 15.9. The summed E-state index contributed by atoms with van der Waals surface area (Å²) in [4.78, 5) is 33.3. The number of likely N-dealkylation sites (tertiary alicyclic amines) is 1. The topological polar surface area (TPSA) is 62.2 Å². The zero-order chi connectivity index (χ0) is 19.4. The van der Waals surface area contributed by atoms with Gasteiger partial charge in [-0.3, -0.25) is 14.7 Å². The van der Waals surface area contributed by atoms with Crippen molar-refractivity contribution in [2.45, 2.75) is 44.8 Å². The summed E-state index contributed by atoms with van der Waals surface area (Å²) >= 11 is 3.45. The Balaban J connectivity index is 1.43. The van der Waals surface area contributed by atoms with Gasteiger partial charge in [0.1, 0.15) is 17.0 Å². The first-order valence-corrected chi connectivity index (χ1v) is 10.1.